The van der Waals surface area contributed by atoms with Gasteiger partial charge in [0, 0.05) is 15.2 Å². The smallest absolute Gasteiger partial charge is 0.0106 e. The van der Waals surface area contributed by atoms with Crippen LogP contribution in [0.1, 0.15) is 0 Å². The highest BCUT2D eigenvalue weighted by molar-refractivity contribution is 2.82. The summed E-state index contributed by atoms with van der Waals surface area (Å²) in [6, 6.07) is 0. The zero-order valence-electron chi connectivity index (χ0n) is 1.98. The minimum atomic E-state index is 2.09. The Bertz CT molecular complexity index is 12.4. The second-order valence-electron chi connectivity index (χ2n) is 0.194. The molecule has 0 amide bonds. The number of rotatable bonds is 2. The maximum absolute atomic E-state index is 9.91. The molecule has 0 rings (SSSR count). The van der Waals surface area contributed by atoms with Crippen LogP contribution in [-0.2, 0) is 15.2 Å². The van der Waals surface area contributed by atoms with Gasteiger partial charge in [0.2, 0.25) is 0 Å². The molecule has 0 aliphatic carbocycles. The molecule has 3 nitrogen and oxygen atoms in total. The van der Waals surface area contributed by atoms with E-state index in [1.807, 2.05) is 0 Å². The number of halogens is 2. The van der Waals surface area contributed by atoms with E-state index in [1.165, 1.54) is 0 Å². The summed E-state index contributed by atoms with van der Waals surface area (Å²) in [5.41, 5.74) is 0. The van der Waals surface area contributed by atoms with Crippen LogP contribution in [0.5, 0.6) is 0 Å². The quantitative estimate of drug-likeness (QED) is 0.364. The molecule has 0 N–H and O–H groups in total. The first-order chi connectivity index (χ1) is 2.41. The van der Waals surface area contributed by atoms with E-state index in [4.69, 9.17) is 0 Å². The average Bonchev–Trinajstić information content (AvgIpc) is 1.41. The zero-order chi connectivity index (χ0) is 4.12. The van der Waals surface area contributed by atoms with E-state index in [2.05, 4.69) is 15.2 Å². The van der Waals surface area contributed by atoms with Crippen LogP contribution >= 0.6 is 0 Å². The summed E-state index contributed by atoms with van der Waals surface area (Å²) in [5, 5.41) is 6.69. The van der Waals surface area contributed by atoms with Crippen LogP contribution in [0.3, 0.4) is 0 Å². The van der Waals surface area contributed by atoms with Gasteiger partial charge in [-0.05, 0) is 9.05 Å². The van der Waals surface area contributed by atoms with Gasteiger partial charge in [-0.15, -0.1) is 0 Å². The summed E-state index contributed by atoms with van der Waals surface area (Å²) >= 11 is 0. The molecule has 0 bridgehead atoms. The second-order valence-corrected chi connectivity index (χ2v) is 0.194. The molecule has 32 valence electrons. The minimum absolute atomic E-state index is 2.09. The van der Waals surface area contributed by atoms with Crippen molar-refractivity contribution in [1.82, 2.24) is 0 Å². The van der Waals surface area contributed by atoms with E-state index in [1.54, 1.807) is 0 Å². The maximum Gasteiger partial charge on any atom is 0.0106 e. The highest BCUT2D eigenvalue weighted by Gasteiger charge is 1.74. The van der Waals surface area contributed by atoms with Gasteiger partial charge in [-0.25, -0.2) is 0 Å². The monoisotopic (exact) mass is 86.0 g/mol. The fourth-order valence-electron chi connectivity index (χ4n) is 0.00972. The van der Waals surface area contributed by atoms with Crippen LogP contribution in [-0.4, -0.2) is 0 Å². The van der Waals surface area contributed by atoms with E-state index in [9.17, 15) is 9.05 Å². The van der Waals surface area contributed by atoms with Gasteiger partial charge in [-0.3, -0.25) is 0 Å². The van der Waals surface area contributed by atoms with Crippen LogP contribution in [0, 0.1) is 0 Å². The van der Waals surface area contributed by atoms with Gasteiger partial charge in [0.1, 0.15) is 0 Å². The van der Waals surface area contributed by atoms with Crippen molar-refractivity contribution in [2.24, 2.45) is 0 Å². The lowest BCUT2D eigenvalue weighted by molar-refractivity contribution is -0.643. The Morgan fingerprint density at radius 1 is 1.00 bits per heavy atom. The minimum Gasteiger partial charge on any atom is -0.0124 e. The Morgan fingerprint density at radius 2 is 1.40 bits per heavy atom. The summed E-state index contributed by atoms with van der Waals surface area (Å²) in [5.74, 6) is 0. The molecule has 0 aliphatic rings. The van der Waals surface area contributed by atoms with Gasteiger partial charge in [0.15, 0.2) is 0 Å². The second kappa shape index (κ2) is 3.74. The molecule has 0 heterocycles. The standard InChI is InChI=1S/F2O3/c1-3-5-4-2. The van der Waals surface area contributed by atoms with E-state index >= 15 is 0 Å². The normalized spacial score (nSPS) is 8.40. The van der Waals surface area contributed by atoms with Crippen molar-refractivity contribution < 1.29 is 24.3 Å². The molecule has 0 aliphatic heterocycles. The topological polar surface area (TPSA) is 27.7 Å². The summed E-state index contributed by atoms with van der Waals surface area (Å²) in [6.07, 6.45) is 0. The van der Waals surface area contributed by atoms with Crippen molar-refractivity contribution in [3.8, 4) is 0 Å². The molecule has 0 saturated heterocycles. The average molecular weight is 86.0 g/mol. The van der Waals surface area contributed by atoms with Crippen molar-refractivity contribution >= 4 is 0 Å². The predicted octanol–water partition coefficient (Wildman–Crippen LogP) is 0.635. The maximum atomic E-state index is 9.91. The van der Waals surface area contributed by atoms with Crippen molar-refractivity contribution in [2.45, 2.75) is 0 Å². The Kier molecular flexibility index (Phi) is 3.55. The Morgan fingerprint density at radius 3 is 1.40 bits per heavy atom. The third-order valence-electron chi connectivity index (χ3n) is 0.0514. The fourth-order valence-corrected chi connectivity index (χ4v) is 0.00972. The Hall–Kier alpha value is -0.260. The van der Waals surface area contributed by atoms with Crippen LogP contribution in [0.25, 0.3) is 0 Å². The molecule has 5 heavy (non-hydrogen) atoms. The van der Waals surface area contributed by atoms with Crippen LogP contribution < -0.4 is 0 Å². The van der Waals surface area contributed by atoms with Gasteiger partial charge < -0.3 is 0 Å². The molecule has 5 heteroatoms. The first kappa shape index (κ1) is 4.74. The molecule has 0 aromatic carbocycles. The largest absolute Gasteiger partial charge is 0.0124 e. The Labute approximate surface area is 25.7 Å². The highest BCUT2D eigenvalue weighted by atomic mass is 19.4. The highest BCUT2D eigenvalue weighted by Crippen LogP contribution is 1.77. The molecule has 0 radical (unpaired) electrons. The fraction of sp³-hybridized carbons (Fsp3) is 0. The molecule has 0 unspecified atom stereocenters. The van der Waals surface area contributed by atoms with E-state index in [-0.39, 0.29) is 0 Å². The Balaban J connectivity index is 2.19. The van der Waals surface area contributed by atoms with Crippen molar-refractivity contribution in [3.63, 3.8) is 0 Å². The molecular formula is F2O3. The molecule has 0 spiro atoms. The molecule has 0 atom stereocenters. The van der Waals surface area contributed by atoms with E-state index in [0.717, 1.165) is 0 Å². The van der Waals surface area contributed by atoms with Gasteiger partial charge in [-0.1, -0.05) is 0 Å². The van der Waals surface area contributed by atoms with Crippen molar-refractivity contribution in [2.75, 3.05) is 0 Å². The van der Waals surface area contributed by atoms with Crippen LogP contribution in [0.2, 0.25) is 0 Å². The third-order valence-corrected chi connectivity index (χ3v) is 0.0514. The SMILES string of the molecule is FOOOF. The molecule has 0 aromatic heterocycles. The third kappa shape index (κ3) is 3.74. The lowest BCUT2D eigenvalue weighted by Crippen LogP contribution is -1.73. The van der Waals surface area contributed by atoms with E-state index < -0.39 is 0 Å². The van der Waals surface area contributed by atoms with Crippen LogP contribution in [0.15, 0.2) is 0 Å². The first-order valence-corrected chi connectivity index (χ1v) is 0.642. The van der Waals surface area contributed by atoms with Gasteiger partial charge in [-0.2, -0.15) is 0 Å². The molecular weight excluding hydrogens is 86.0 g/mol. The summed E-state index contributed by atoms with van der Waals surface area (Å²) < 4.78 is 19.8. The lowest BCUT2D eigenvalue weighted by Gasteiger charge is -1.73. The molecule has 0 aromatic rings. The van der Waals surface area contributed by atoms with Crippen molar-refractivity contribution in [1.29, 1.82) is 0 Å². The summed E-state index contributed by atoms with van der Waals surface area (Å²) in [7, 11) is 0. The number of hydrogen-bond donors (Lipinski definition) is 0. The van der Waals surface area contributed by atoms with E-state index in [0.29, 0.717) is 0 Å². The van der Waals surface area contributed by atoms with Crippen molar-refractivity contribution in [3.05, 3.63) is 0 Å². The first-order valence-electron chi connectivity index (χ1n) is 0.642. The predicted molar refractivity (Wildman–Crippen MR) is 5.47 cm³/mol. The zero-order valence-corrected chi connectivity index (χ0v) is 1.98. The molecule has 0 fully saturated rings. The summed E-state index contributed by atoms with van der Waals surface area (Å²) in [4.78, 5) is 0. The van der Waals surface area contributed by atoms with Gasteiger partial charge in [0.05, 0.1) is 0 Å². The van der Waals surface area contributed by atoms with Gasteiger partial charge >= 0.3 is 0 Å². The molecule has 0 saturated carbocycles. The summed E-state index contributed by atoms with van der Waals surface area (Å²) in [6.45, 7) is 0. The van der Waals surface area contributed by atoms with Crippen LogP contribution in [0.4, 0.5) is 9.05 Å². The lowest BCUT2D eigenvalue weighted by atomic mass is 14.5. The number of hydrogen-bond acceptors (Lipinski definition) is 3. The van der Waals surface area contributed by atoms with Gasteiger partial charge in [0.25, 0.3) is 0 Å².